The fraction of sp³-hybridized carbons (Fsp3) is 0.368. The number of aliphatic hydroxyl groups is 2. The number of carbonyl (C=O) groups excluding carboxylic acids is 1. The Balaban J connectivity index is 1.58. The van der Waals surface area contributed by atoms with Crippen molar-refractivity contribution in [1.82, 2.24) is 24.8 Å². The molecule has 0 radical (unpaired) electrons. The Morgan fingerprint density at radius 3 is 2.72 bits per heavy atom. The fourth-order valence-electron chi connectivity index (χ4n) is 3.33. The summed E-state index contributed by atoms with van der Waals surface area (Å²) in [7, 11) is 0. The number of aromatic nitrogens is 4. The second-order valence-corrected chi connectivity index (χ2v) is 6.71. The number of hydrogen-bond donors (Lipinski definition) is 4. The van der Waals surface area contributed by atoms with Crippen LogP contribution in [0.4, 0.5) is 5.82 Å². The smallest absolute Gasteiger partial charge is 0.252 e. The quantitative estimate of drug-likeness (QED) is 0.462. The fourth-order valence-corrected chi connectivity index (χ4v) is 3.33. The molecule has 1 amide bonds. The number of carbonyl (C=O) groups is 1. The van der Waals surface area contributed by atoms with Crippen LogP contribution in [0.25, 0.3) is 11.2 Å². The van der Waals surface area contributed by atoms with E-state index in [4.69, 9.17) is 4.74 Å². The number of fused-ring (bicyclic) bond motifs is 1. The number of likely N-dealkylation sites (N-methyl/N-ethyl adjacent to an activating group) is 1. The number of rotatable bonds is 6. The van der Waals surface area contributed by atoms with Crippen LogP contribution in [-0.4, -0.2) is 60.5 Å². The van der Waals surface area contributed by atoms with E-state index >= 15 is 0 Å². The molecule has 1 aromatic carbocycles. The van der Waals surface area contributed by atoms with E-state index in [1.807, 2.05) is 30.3 Å². The highest BCUT2D eigenvalue weighted by Crippen LogP contribution is 2.32. The average molecular weight is 398 g/mol. The summed E-state index contributed by atoms with van der Waals surface area (Å²) in [5.74, 6) is 0.0525. The van der Waals surface area contributed by atoms with Crippen molar-refractivity contribution >= 4 is 22.9 Å². The van der Waals surface area contributed by atoms with E-state index in [0.717, 1.165) is 5.56 Å². The minimum atomic E-state index is -1.36. The summed E-state index contributed by atoms with van der Waals surface area (Å²) < 4.78 is 7.15. The van der Waals surface area contributed by atoms with Gasteiger partial charge in [0.25, 0.3) is 5.91 Å². The summed E-state index contributed by atoms with van der Waals surface area (Å²) in [6.07, 6.45) is -2.01. The zero-order valence-electron chi connectivity index (χ0n) is 15.8. The summed E-state index contributed by atoms with van der Waals surface area (Å²) in [5.41, 5.74) is 2.00. The van der Waals surface area contributed by atoms with Gasteiger partial charge in [-0.15, -0.1) is 0 Å². The van der Waals surface area contributed by atoms with Gasteiger partial charge >= 0.3 is 0 Å². The Hall–Kier alpha value is -3.08. The predicted octanol–water partition coefficient (Wildman–Crippen LogP) is 0.194. The van der Waals surface area contributed by atoms with E-state index in [1.54, 1.807) is 6.92 Å². The number of nitrogens with zero attached hydrogens (tertiary/aromatic N) is 4. The Morgan fingerprint density at radius 1 is 1.17 bits per heavy atom. The van der Waals surface area contributed by atoms with Gasteiger partial charge in [-0.05, 0) is 12.5 Å². The number of ether oxygens (including phenoxy) is 1. The molecular formula is C19H22N6O4. The van der Waals surface area contributed by atoms with Gasteiger partial charge < -0.3 is 25.6 Å². The molecule has 1 aliphatic rings. The van der Waals surface area contributed by atoms with E-state index in [2.05, 4.69) is 25.6 Å². The van der Waals surface area contributed by atoms with Crippen molar-refractivity contribution in [2.75, 3.05) is 11.9 Å². The molecule has 0 aliphatic carbocycles. The van der Waals surface area contributed by atoms with Crippen molar-refractivity contribution in [1.29, 1.82) is 0 Å². The van der Waals surface area contributed by atoms with Crippen molar-refractivity contribution in [2.45, 2.75) is 38.0 Å². The second kappa shape index (κ2) is 8.11. The standard InChI is InChI=1S/C19H22N6O4/c1-2-20-18(28)15-13(26)14(27)19(29-15)25-10-24-12-16(22-9-23-17(12)25)21-8-11-6-4-3-5-7-11/h3-7,9-10,13-15,19,26-27H,2,8H2,1H3,(H,20,28)(H,21,22,23)/t13-,14+,15-,19+/m0/s1. The number of benzene rings is 1. The molecule has 3 aromatic rings. The minimum Gasteiger partial charge on any atom is -0.387 e. The lowest BCUT2D eigenvalue weighted by Gasteiger charge is -2.16. The third kappa shape index (κ3) is 3.65. The lowest BCUT2D eigenvalue weighted by atomic mass is 10.1. The molecule has 3 heterocycles. The van der Waals surface area contributed by atoms with E-state index < -0.39 is 30.4 Å². The summed E-state index contributed by atoms with van der Waals surface area (Å²) in [6.45, 7) is 2.71. The number of anilines is 1. The van der Waals surface area contributed by atoms with E-state index in [1.165, 1.54) is 17.2 Å². The summed E-state index contributed by atoms with van der Waals surface area (Å²) in [5, 5.41) is 26.5. The van der Waals surface area contributed by atoms with Crippen LogP contribution in [0.3, 0.4) is 0 Å². The van der Waals surface area contributed by atoms with Gasteiger partial charge in [0.15, 0.2) is 29.3 Å². The van der Waals surface area contributed by atoms with E-state index in [9.17, 15) is 15.0 Å². The van der Waals surface area contributed by atoms with Crippen molar-refractivity contribution < 1.29 is 19.7 Å². The van der Waals surface area contributed by atoms with E-state index in [0.29, 0.717) is 30.1 Å². The minimum absolute atomic E-state index is 0.393. The lowest BCUT2D eigenvalue weighted by molar-refractivity contribution is -0.137. The highest BCUT2D eigenvalue weighted by atomic mass is 16.6. The Labute approximate surface area is 166 Å². The van der Waals surface area contributed by atoms with Crippen LogP contribution in [0.1, 0.15) is 18.7 Å². The molecule has 1 saturated heterocycles. The molecule has 1 aliphatic heterocycles. The predicted molar refractivity (Wildman–Crippen MR) is 104 cm³/mol. The summed E-state index contributed by atoms with van der Waals surface area (Å²) in [4.78, 5) is 24.9. The second-order valence-electron chi connectivity index (χ2n) is 6.71. The summed E-state index contributed by atoms with van der Waals surface area (Å²) in [6, 6.07) is 9.85. The monoisotopic (exact) mass is 398 g/mol. The molecule has 1 fully saturated rings. The first kappa shape index (κ1) is 19.2. The Kier molecular flexibility index (Phi) is 5.38. The largest absolute Gasteiger partial charge is 0.387 e. The SMILES string of the molecule is CCNC(=O)[C@H]1O[C@@H](n2cnc3c(NCc4ccccc4)ncnc32)[C@H](O)[C@@H]1O. The van der Waals surface area contributed by atoms with Crippen LogP contribution in [-0.2, 0) is 16.1 Å². The number of aliphatic hydroxyl groups excluding tert-OH is 2. The number of hydrogen-bond acceptors (Lipinski definition) is 8. The molecule has 4 atom stereocenters. The molecule has 0 unspecified atom stereocenters. The zero-order valence-corrected chi connectivity index (χ0v) is 15.8. The normalized spacial score (nSPS) is 24.0. The molecule has 2 aromatic heterocycles. The van der Waals surface area contributed by atoms with Crippen LogP contribution in [0.5, 0.6) is 0 Å². The first-order valence-electron chi connectivity index (χ1n) is 9.34. The molecule has 29 heavy (non-hydrogen) atoms. The topological polar surface area (TPSA) is 134 Å². The molecule has 0 spiro atoms. The highest BCUT2D eigenvalue weighted by Gasteiger charge is 2.47. The molecule has 0 bridgehead atoms. The van der Waals surface area contributed by atoms with Crippen molar-refractivity contribution in [3.8, 4) is 0 Å². The Bertz CT molecular complexity index is 995. The maximum atomic E-state index is 12.1. The van der Waals surface area contributed by atoms with Crippen LogP contribution in [0.15, 0.2) is 43.0 Å². The van der Waals surface area contributed by atoms with Gasteiger partial charge in [0.05, 0.1) is 6.33 Å². The highest BCUT2D eigenvalue weighted by molar-refractivity contribution is 5.83. The third-order valence-corrected chi connectivity index (χ3v) is 4.78. The lowest BCUT2D eigenvalue weighted by Crippen LogP contribution is -2.42. The van der Waals surface area contributed by atoms with Crippen molar-refractivity contribution in [3.05, 3.63) is 48.5 Å². The van der Waals surface area contributed by atoms with Gasteiger partial charge in [-0.25, -0.2) is 15.0 Å². The maximum absolute atomic E-state index is 12.1. The maximum Gasteiger partial charge on any atom is 0.252 e. The molecule has 10 heteroatoms. The van der Waals surface area contributed by atoms with Gasteiger partial charge in [0, 0.05) is 13.1 Å². The van der Waals surface area contributed by atoms with Gasteiger partial charge in [0.1, 0.15) is 18.5 Å². The van der Waals surface area contributed by atoms with E-state index in [-0.39, 0.29) is 0 Å². The van der Waals surface area contributed by atoms with Gasteiger partial charge in [-0.2, -0.15) is 0 Å². The van der Waals surface area contributed by atoms with Crippen molar-refractivity contribution in [2.24, 2.45) is 0 Å². The molecule has 4 N–H and O–H groups in total. The van der Waals surface area contributed by atoms with Gasteiger partial charge in [0.2, 0.25) is 0 Å². The third-order valence-electron chi connectivity index (χ3n) is 4.78. The molecule has 0 saturated carbocycles. The van der Waals surface area contributed by atoms with Gasteiger partial charge in [-0.1, -0.05) is 30.3 Å². The molecule has 4 rings (SSSR count). The Morgan fingerprint density at radius 2 is 1.97 bits per heavy atom. The summed E-state index contributed by atoms with van der Waals surface area (Å²) >= 11 is 0. The van der Waals surface area contributed by atoms with Gasteiger partial charge in [-0.3, -0.25) is 9.36 Å². The van der Waals surface area contributed by atoms with Crippen LogP contribution >= 0.6 is 0 Å². The van der Waals surface area contributed by atoms with Crippen molar-refractivity contribution in [3.63, 3.8) is 0 Å². The first-order valence-corrected chi connectivity index (χ1v) is 9.34. The number of amides is 1. The number of imidazole rings is 1. The zero-order chi connectivity index (χ0) is 20.4. The molecular weight excluding hydrogens is 376 g/mol. The molecule has 10 nitrogen and oxygen atoms in total. The van der Waals surface area contributed by atoms with Crippen LogP contribution in [0.2, 0.25) is 0 Å². The number of nitrogens with one attached hydrogen (secondary N) is 2. The van der Waals surface area contributed by atoms with Crippen LogP contribution in [0, 0.1) is 0 Å². The average Bonchev–Trinajstić information content (AvgIpc) is 3.29. The van der Waals surface area contributed by atoms with Crippen LogP contribution < -0.4 is 10.6 Å². The molecule has 152 valence electrons. The first-order chi connectivity index (χ1) is 14.1.